The highest BCUT2D eigenvalue weighted by atomic mass is 35.5. The Morgan fingerprint density at radius 1 is 1.32 bits per heavy atom. The second-order valence-corrected chi connectivity index (χ2v) is 7.45. The molecule has 1 N–H and O–H groups in total. The van der Waals surface area contributed by atoms with E-state index in [1.165, 1.54) is 0 Å². The first-order valence-electron chi connectivity index (χ1n) is 5.67. The van der Waals surface area contributed by atoms with E-state index in [9.17, 15) is 8.42 Å². The second kappa shape index (κ2) is 5.48. The summed E-state index contributed by atoms with van der Waals surface area (Å²) in [5.41, 5.74) is 2.09. The van der Waals surface area contributed by atoms with E-state index < -0.39 is 10.0 Å². The zero-order valence-electron chi connectivity index (χ0n) is 10.5. The Kier molecular flexibility index (Phi) is 4.13. The summed E-state index contributed by atoms with van der Waals surface area (Å²) in [4.78, 5) is 3.91. The van der Waals surface area contributed by atoms with Crippen LogP contribution in [0.15, 0.2) is 28.5 Å². The van der Waals surface area contributed by atoms with Crippen LogP contribution in [-0.2, 0) is 16.4 Å². The molecule has 1 aromatic carbocycles. The molecule has 0 bridgehead atoms. The third kappa shape index (κ3) is 3.26. The van der Waals surface area contributed by atoms with Gasteiger partial charge in [-0.25, -0.2) is 13.4 Å². The Hall–Kier alpha value is -1.11. The molecular weight excluding hydrogens is 304 g/mol. The highest BCUT2D eigenvalue weighted by Gasteiger charge is 2.21. The van der Waals surface area contributed by atoms with Crippen LogP contribution in [0.1, 0.15) is 18.2 Å². The lowest BCUT2D eigenvalue weighted by Crippen LogP contribution is -2.12. The molecule has 2 aromatic rings. The van der Waals surface area contributed by atoms with Crippen LogP contribution in [0.25, 0.3) is 0 Å². The number of nitrogens with zero attached hydrogens (tertiary/aromatic N) is 1. The van der Waals surface area contributed by atoms with Crippen LogP contribution in [0.2, 0.25) is 4.47 Å². The molecule has 1 aromatic heterocycles. The lowest BCUT2D eigenvalue weighted by atomic mass is 10.2. The minimum absolute atomic E-state index is 0.150. The van der Waals surface area contributed by atoms with Crippen molar-refractivity contribution in [3.05, 3.63) is 40.0 Å². The summed E-state index contributed by atoms with van der Waals surface area (Å²) in [6.45, 7) is 3.67. The third-order valence-electron chi connectivity index (χ3n) is 2.59. The van der Waals surface area contributed by atoms with Crippen molar-refractivity contribution in [2.45, 2.75) is 24.5 Å². The SMILES string of the molecule is CCc1ccc(NS(=O)(=O)c2sc(Cl)nc2C)cc1. The van der Waals surface area contributed by atoms with Gasteiger partial charge in [0.1, 0.15) is 0 Å². The molecular formula is C12H13ClN2O2S2. The fourth-order valence-electron chi connectivity index (χ4n) is 1.61. The molecule has 0 unspecified atom stereocenters. The normalized spacial score (nSPS) is 11.5. The van der Waals surface area contributed by atoms with E-state index in [1.807, 2.05) is 19.1 Å². The molecule has 0 aliphatic carbocycles. The maximum atomic E-state index is 12.2. The van der Waals surface area contributed by atoms with E-state index in [2.05, 4.69) is 9.71 Å². The van der Waals surface area contributed by atoms with Gasteiger partial charge in [-0.1, -0.05) is 42.0 Å². The molecule has 4 nitrogen and oxygen atoms in total. The Bertz CT molecular complexity index is 678. The van der Waals surface area contributed by atoms with Gasteiger partial charge in [0, 0.05) is 5.69 Å². The minimum atomic E-state index is -3.62. The highest BCUT2D eigenvalue weighted by molar-refractivity contribution is 7.94. The number of rotatable bonds is 4. The van der Waals surface area contributed by atoms with Crippen molar-refractivity contribution in [3.63, 3.8) is 0 Å². The second-order valence-electron chi connectivity index (χ2n) is 4.00. The summed E-state index contributed by atoms with van der Waals surface area (Å²) >= 11 is 6.68. The van der Waals surface area contributed by atoms with Crippen LogP contribution in [0.5, 0.6) is 0 Å². The molecule has 102 valence electrons. The first-order chi connectivity index (χ1) is 8.92. The molecule has 0 spiro atoms. The van der Waals surface area contributed by atoms with Crippen LogP contribution in [0, 0.1) is 6.92 Å². The summed E-state index contributed by atoms with van der Waals surface area (Å²) in [6, 6.07) is 7.28. The maximum absolute atomic E-state index is 12.2. The maximum Gasteiger partial charge on any atom is 0.273 e. The number of aromatic nitrogens is 1. The summed E-state index contributed by atoms with van der Waals surface area (Å²) in [5, 5.41) is 0. The first-order valence-corrected chi connectivity index (χ1v) is 8.35. The number of aryl methyl sites for hydroxylation is 2. The predicted molar refractivity (Wildman–Crippen MR) is 78.5 cm³/mol. The number of thiazole rings is 1. The van der Waals surface area contributed by atoms with Crippen molar-refractivity contribution >= 4 is 38.6 Å². The smallest absolute Gasteiger partial charge is 0.273 e. The number of anilines is 1. The highest BCUT2D eigenvalue weighted by Crippen LogP contribution is 2.28. The van der Waals surface area contributed by atoms with Crippen LogP contribution < -0.4 is 4.72 Å². The van der Waals surface area contributed by atoms with E-state index in [0.29, 0.717) is 11.4 Å². The Labute approximate surface area is 121 Å². The average molecular weight is 317 g/mol. The third-order valence-corrected chi connectivity index (χ3v) is 5.84. The summed E-state index contributed by atoms with van der Waals surface area (Å²) in [7, 11) is -3.62. The quantitative estimate of drug-likeness (QED) is 0.939. The molecule has 2 rings (SSSR count). The summed E-state index contributed by atoms with van der Waals surface area (Å²) in [5.74, 6) is 0. The van der Waals surface area contributed by atoms with Crippen molar-refractivity contribution in [1.29, 1.82) is 0 Å². The van der Waals surface area contributed by atoms with E-state index in [1.54, 1.807) is 19.1 Å². The van der Waals surface area contributed by atoms with Gasteiger partial charge in [-0.05, 0) is 31.0 Å². The zero-order valence-corrected chi connectivity index (χ0v) is 12.9. The van der Waals surface area contributed by atoms with Crippen molar-refractivity contribution in [3.8, 4) is 0 Å². The number of halogens is 1. The Balaban J connectivity index is 2.28. The van der Waals surface area contributed by atoms with Crippen LogP contribution in [0.4, 0.5) is 5.69 Å². The first kappa shape index (κ1) is 14.3. The van der Waals surface area contributed by atoms with Crippen molar-refractivity contribution in [1.82, 2.24) is 4.98 Å². The Morgan fingerprint density at radius 2 is 1.95 bits per heavy atom. The fraction of sp³-hybridized carbons (Fsp3) is 0.250. The molecule has 0 atom stereocenters. The van der Waals surface area contributed by atoms with Crippen molar-refractivity contribution in [2.24, 2.45) is 0 Å². The van der Waals surface area contributed by atoms with E-state index >= 15 is 0 Å². The molecule has 0 saturated carbocycles. The van der Waals surface area contributed by atoms with Gasteiger partial charge in [-0.3, -0.25) is 4.72 Å². The molecule has 7 heteroatoms. The topological polar surface area (TPSA) is 59.1 Å². The molecule has 0 saturated heterocycles. The Morgan fingerprint density at radius 3 is 2.42 bits per heavy atom. The number of hydrogen-bond acceptors (Lipinski definition) is 4. The molecule has 0 radical (unpaired) electrons. The van der Waals surface area contributed by atoms with Gasteiger partial charge in [0.05, 0.1) is 5.69 Å². The lowest BCUT2D eigenvalue weighted by molar-refractivity contribution is 0.602. The standard InChI is InChI=1S/C12H13ClN2O2S2/c1-3-9-4-6-10(7-5-9)15-19(16,17)11-8(2)14-12(13)18-11/h4-7,15H,3H2,1-2H3. The number of sulfonamides is 1. The van der Waals surface area contributed by atoms with E-state index in [0.717, 1.165) is 23.3 Å². The summed E-state index contributed by atoms with van der Waals surface area (Å²) < 4.78 is 27.3. The summed E-state index contributed by atoms with van der Waals surface area (Å²) in [6.07, 6.45) is 0.913. The monoisotopic (exact) mass is 316 g/mol. The van der Waals surface area contributed by atoms with E-state index in [-0.39, 0.29) is 8.68 Å². The number of benzene rings is 1. The van der Waals surface area contributed by atoms with Crippen LogP contribution >= 0.6 is 22.9 Å². The minimum Gasteiger partial charge on any atom is -0.279 e. The zero-order chi connectivity index (χ0) is 14.0. The van der Waals surface area contributed by atoms with Crippen LogP contribution in [-0.4, -0.2) is 13.4 Å². The molecule has 1 heterocycles. The van der Waals surface area contributed by atoms with Gasteiger partial charge < -0.3 is 0 Å². The predicted octanol–water partition coefficient (Wildman–Crippen LogP) is 3.47. The lowest BCUT2D eigenvalue weighted by Gasteiger charge is -2.07. The van der Waals surface area contributed by atoms with Crippen LogP contribution in [0.3, 0.4) is 0 Å². The molecule has 19 heavy (non-hydrogen) atoms. The molecule has 0 aliphatic rings. The molecule has 0 fully saturated rings. The van der Waals surface area contributed by atoms with E-state index in [4.69, 9.17) is 11.6 Å². The van der Waals surface area contributed by atoms with Gasteiger partial charge in [-0.15, -0.1) is 0 Å². The van der Waals surface area contributed by atoms with Gasteiger partial charge in [0.2, 0.25) is 0 Å². The number of nitrogens with one attached hydrogen (secondary N) is 1. The molecule has 0 amide bonds. The van der Waals surface area contributed by atoms with Gasteiger partial charge >= 0.3 is 0 Å². The largest absolute Gasteiger partial charge is 0.279 e. The van der Waals surface area contributed by atoms with Gasteiger partial charge in [0.25, 0.3) is 10.0 Å². The fourth-order valence-corrected chi connectivity index (χ4v) is 4.41. The van der Waals surface area contributed by atoms with Gasteiger partial charge in [-0.2, -0.15) is 0 Å². The molecule has 0 aliphatic heterocycles. The van der Waals surface area contributed by atoms with Crippen molar-refractivity contribution in [2.75, 3.05) is 4.72 Å². The number of hydrogen-bond donors (Lipinski definition) is 1. The van der Waals surface area contributed by atoms with Gasteiger partial charge in [0.15, 0.2) is 8.68 Å². The van der Waals surface area contributed by atoms with Crippen molar-refractivity contribution < 1.29 is 8.42 Å². The average Bonchev–Trinajstić information content (AvgIpc) is 2.70.